The van der Waals surface area contributed by atoms with E-state index in [9.17, 15) is 8.42 Å². The second-order valence-electron chi connectivity index (χ2n) is 7.84. The fraction of sp³-hybridized carbons (Fsp3) is 0.364. The molecule has 1 aliphatic rings. The van der Waals surface area contributed by atoms with Crippen LogP contribution < -0.4 is 5.32 Å². The lowest BCUT2D eigenvalue weighted by Crippen LogP contribution is -2.47. The number of benzene rings is 1. The van der Waals surface area contributed by atoms with Gasteiger partial charge in [0.25, 0.3) is 0 Å². The molecule has 1 aromatic carbocycles. The second kappa shape index (κ2) is 8.78. The lowest BCUT2D eigenvalue weighted by molar-refractivity contribution is 0.222. The summed E-state index contributed by atoms with van der Waals surface area (Å²) in [5.41, 5.74) is 4.12. The Morgan fingerprint density at radius 2 is 1.71 bits per heavy atom. The molecular formula is C22H28N6O2S. The van der Waals surface area contributed by atoms with Crippen molar-refractivity contribution in [3.8, 4) is 5.69 Å². The normalized spacial score (nSPS) is 15.8. The van der Waals surface area contributed by atoms with E-state index in [0.717, 1.165) is 35.7 Å². The summed E-state index contributed by atoms with van der Waals surface area (Å²) >= 11 is 0. The van der Waals surface area contributed by atoms with Crippen LogP contribution in [0.5, 0.6) is 0 Å². The van der Waals surface area contributed by atoms with E-state index in [0.29, 0.717) is 25.5 Å². The third-order valence-corrected chi connectivity index (χ3v) is 7.61. The fourth-order valence-electron chi connectivity index (χ4n) is 3.75. The molecule has 0 saturated carbocycles. The van der Waals surface area contributed by atoms with Crippen molar-refractivity contribution in [1.29, 1.82) is 0 Å². The van der Waals surface area contributed by atoms with Crippen LogP contribution in [0.4, 0.5) is 5.82 Å². The van der Waals surface area contributed by atoms with Gasteiger partial charge in [0.15, 0.2) is 0 Å². The maximum absolute atomic E-state index is 12.8. The molecule has 0 spiro atoms. The van der Waals surface area contributed by atoms with E-state index >= 15 is 0 Å². The average Bonchev–Trinajstić information content (AvgIpc) is 3.07. The number of piperazine rings is 1. The standard InChI is InChI=1S/C22H28N6O2S/c1-17-21(18(2)28(25-17)19-7-5-4-6-8-19)16-24-22-10-9-20(15-23-22)31(29,30)27-13-11-26(3)12-14-27/h4-10,15H,11-14,16H2,1-3H3,(H,23,24). The summed E-state index contributed by atoms with van der Waals surface area (Å²) in [6, 6.07) is 13.4. The minimum Gasteiger partial charge on any atom is -0.366 e. The van der Waals surface area contributed by atoms with E-state index in [1.807, 2.05) is 55.9 Å². The Morgan fingerprint density at radius 1 is 1.00 bits per heavy atom. The zero-order valence-electron chi connectivity index (χ0n) is 18.1. The lowest BCUT2D eigenvalue weighted by atomic mass is 10.2. The van der Waals surface area contributed by atoms with E-state index in [1.165, 1.54) is 10.5 Å². The summed E-state index contributed by atoms with van der Waals surface area (Å²) in [6.07, 6.45) is 1.43. The first-order chi connectivity index (χ1) is 14.9. The van der Waals surface area contributed by atoms with Gasteiger partial charge in [-0.3, -0.25) is 0 Å². The Labute approximate surface area is 183 Å². The van der Waals surface area contributed by atoms with Gasteiger partial charge < -0.3 is 10.2 Å². The van der Waals surface area contributed by atoms with Gasteiger partial charge >= 0.3 is 0 Å². The third kappa shape index (κ3) is 4.48. The molecule has 9 heteroatoms. The first-order valence-electron chi connectivity index (χ1n) is 10.4. The summed E-state index contributed by atoms with van der Waals surface area (Å²) in [5.74, 6) is 0.628. The molecule has 0 atom stereocenters. The number of aryl methyl sites for hydroxylation is 1. The second-order valence-corrected chi connectivity index (χ2v) is 9.77. The van der Waals surface area contributed by atoms with Crippen molar-refractivity contribution < 1.29 is 8.42 Å². The highest BCUT2D eigenvalue weighted by Crippen LogP contribution is 2.21. The summed E-state index contributed by atoms with van der Waals surface area (Å²) in [6.45, 7) is 7.07. The van der Waals surface area contributed by atoms with Crippen molar-refractivity contribution in [1.82, 2.24) is 24.0 Å². The van der Waals surface area contributed by atoms with Crippen LogP contribution in [-0.2, 0) is 16.6 Å². The minimum atomic E-state index is -3.51. The number of sulfonamides is 1. The number of pyridine rings is 1. The zero-order valence-corrected chi connectivity index (χ0v) is 18.9. The SMILES string of the molecule is Cc1nn(-c2ccccc2)c(C)c1CNc1ccc(S(=O)(=O)N2CCN(C)CC2)cn1. The average molecular weight is 441 g/mol. The van der Waals surface area contributed by atoms with Crippen molar-refractivity contribution >= 4 is 15.8 Å². The Kier molecular flexibility index (Phi) is 6.08. The number of aromatic nitrogens is 3. The highest BCUT2D eigenvalue weighted by Gasteiger charge is 2.27. The number of nitrogens with zero attached hydrogens (tertiary/aromatic N) is 5. The maximum Gasteiger partial charge on any atom is 0.244 e. The van der Waals surface area contributed by atoms with Gasteiger partial charge in [0, 0.05) is 50.2 Å². The van der Waals surface area contributed by atoms with Crippen molar-refractivity contribution in [2.24, 2.45) is 0 Å². The van der Waals surface area contributed by atoms with Crippen LogP contribution in [0.15, 0.2) is 53.6 Å². The Hall–Kier alpha value is -2.75. The van der Waals surface area contributed by atoms with Crippen molar-refractivity contribution in [3.05, 3.63) is 65.6 Å². The molecule has 0 radical (unpaired) electrons. The van der Waals surface area contributed by atoms with Crippen LogP contribution in [0.3, 0.4) is 0 Å². The van der Waals surface area contributed by atoms with Crippen LogP contribution in [0, 0.1) is 13.8 Å². The monoisotopic (exact) mass is 440 g/mol. The number of likely N-dealkylation sites (N-methyl/N-ethyl adjacent to an activating group) is 1. The highest BCUT2D eigenvalue weighted by molar-refractivity contribution is 7.89. The van der Waals surface area contributed by atoms with Crippen LogP contribution in [-0.4, -0.2) is 65.6 Å². The molecular weight excluding hydrogens is 412 g/mol. The zero-order chi connectivity index (χ0) is 22.0. The Bertz CT molecular complexity index is 1130. The van der Waals surface area contributed by atoms with E-state index in [2.05, 4.69) is 20.3 Å². The summed E-state index contributed by atoms with van der Waals surface area (Å²) < 4.78 is 29.2. The quantitative estimate of drug-likeness (QED) is 0.634. The van der Waals surface area contributed by atoms with E-state index < -0.39 is 10.0 Å². The Balaban J connectivity index is 1.45. The van der Waals surface area contributed by atoms with Gasteiger partial charge in [-0.15, -0.1) is 0 Å². The molecule has 1 N–H and O–H groups in total. The highest BCUT2D eigenvalue weighted by atomic mass is 32.2. The molecule has 0 bridgehead atoms. The van der Waals surface area contributed by atoms with Gasteiger partial charge in [-0.2, -0.15) is 9.40 Å². The van der Waals surface area contributed by atoms with Crippen LogP contribution in [0.1, 0.15) is 17.0 Å². The number of hydrogen-bond acceptors (Lipinski definition) is 6. The number of anilines is 1. The molecule has 1 saturated heterocycles. The number of para-hydroxylation sites is 1. The lowest BCUT2D eigenvalue weighted by Gasteiger charge is -2.31. The van der Waals surface area contributed by atoms with Gasteiger partial charge in [-0.05, 0) is 45.2 Å². The molecule has 1 fully saturated rings. The number of nitrogens with one attached hydrogen (secondary N) is 1. The van der Waals surface area contributed by atoms with Gasteiger partial charge in [-0.1, -0.05) is 18.2 Å². The molecule has 0 unspecified atom stereocenters. The smallest absolute Gasteiger partial charge is 0.244 e. The summed E-state index contributed by atoms with van der Waals surface area (Å²) in [4.78, 5) is 6.69. The predicted molar refractivity (Wildman–Crippen MR) is 121 cm³/mol. The third-order valence-electron chi connectivity index (χ3n) is 5.72. The molecule has 4 rings (SSSR count). The van der Waals surface area contributed by atoms with Crippen molar-refractivity contribution in [2.45, 2.75) is 25.3 Å². The van der Waals surface area contributed by atoms with Gasteiger partial charge in [0.2, 0.25) is 10.0 Å². The minimum absolute atomic E-state index is 0.229. The van der Waals surface area contributed by atoms with Crippen LogP contribution in [0.25, 0.3) is 5.69 Å². The first-order valence-corrected chi connectivity index (χ1v) is 11.8. The molecule has 1 aliphatic heterocycles. The fourth-order valence-corrected chi connectivity index (χ4v) is 5.11. The van der Waals surface area contributed by atoms with E-state index in [1.54, 1.807) is 12.1 Å². The molecule has 0 amide bonds. The molecule has 2 aromatic heterocycles. The summed E-state index contributed by atoms with van der Waals surface area (Å²) in [7, 11) is -1.51. The molecule has 0 aliphatic carbocycles. The topological polar surface area (TPSA) is 83.4 Å². The van der Waals surface area contributed by atoms with E-state index in [-0.39, 0.29) is 4.90 Å². The van der Waals surface area contributed by atoms with Gasteiger partial charge in [0.05, 0.1) is 11.4 Å². The van der Waals surface area contributed by atoms with E-state index in [4.69, 9.17) is 0 Å². The van der Waals surface area contributed by atoms with Crippen LogP contribution in [0.2, 0.25) is 0 Å². The molecule has 31 heavy (non-hydrogen) atoms. The molecule has 8 nitrogen and oxygen atoms in total. The summed E-state index contributed by atoms with van der Waals surface area (Å²) in [5, 5.41) is 7.96. The molecule has 3 aromatic rings. The number of rotatable bonds is 6. The van der Waals surface area contributed by atoms with Crippen molar-refractivity contribution in [2.75, 3.05) is 38.5 Å². The maximum atomic E-state index is 12.8. The Morgan fingerprint density at radius 3 is 2.35 bits per heavy atom. The van der Waals surface area contributed by atoms with Gasteiger partial charge in [-0.25, -0.2) is 18.1 Å². The molecule has 164 valence electrons. The largest absolute Gasteiger partial charge is 0.366 e. The predicted octanol–water partition coefficient (Wildman–Crippen LogP) is 2.43. The van der Waals surface area contributed by atoms with Crippen molar-refractivity contribution in [3.63, 3.8) is 0 Å². The van der Waals surface area contributed by atoms with Gasteiger partial charge in [0.1, 0.15) is 10.7 Å². The van der Waals surface area contributed by atoms with Crippen LogP contribution >= 0.6 is 0 Å². The number of hydrogen-bond donors (Lipinski definition) is 1. The first kappa shape index (κ1) is 21.5. The molecule has 3 heterocycles.